The molecular weight excluding hydrogens is 300 g/mol. The molecule has 2 N–H and O–H groups in total. The van der Waals surface area contributed by atoms with Gasteiger partial charge in [0, 0.05) is 5.69 Å². The number of nitrogen functional groups attached to an aromatic ring is 1. The molecule has 104 valence electrons. The summed E-state index contributed by atoms with van der Waals surface area (Å²) in [5, 5.41) is 0. The fraction of sp³-hybridized carbons (Fsp3) is 0. The average molecular weight is 312 g/mol. The van der Waals surface area contributed by atoms with Gasteiger partial charge in [-0.1, -0.05) is 54.3 Å². The number of nitrogens with zero attached hydrogens (tertiary/aromatic N) is 1. The Morgan fingerprint density at radius 3 is 2.38 bits per heavy atom. The zero-order chi connectivity index (χ0) is 14.8. The summed E-state index contributed by atoms with van der Waals surface area (Å²) >= 11 is 6.63. The molecule has 0 unspecified atom stereocenters. The van der Waals surface area contributed by atoms with Crippen molar-refractivity contribution in [3.8, 4) is 0 Å². The molecule has 1 fully saturated rings. The van der Waals surface area contributed by atoms with Crippen LogP contribution in [-0.2, 0) is 4.79 Å². The molecule has 21 heavy (non-hydrogen) atoms. The summed E-state index contributed by atoms with van der Waals surface area (Å²) in [5.74, 6) is -0.0898. The maximum absolute atomic E-state index is 12.5. The number of thiocarbonyl (C=S) groups is 1. The van der Waals surface area contributed by atoms with Crippen molar-refractivity contribution in [1.29, 1.82) is 0 Å². The molecule has 1 heterocycles. The van der Waals surface area contributed by atoms with Gasteiger partial charge in [-0.25, -0.2) is 0 Å². The first kappa shape index (κ1) is 13.9. The van der Waals surface area contributed by atoms with Gasteiger partial charge in [-0.3, -0.25) is 9.69 Å². The summed E-state index contributed by atoms with van der Waals surface area (Å²) in [7, 11) is 0. The van der Waals surface area contributed by atoms with E-state index in [0.717, 1.165) is 11.3 Å². The summed E-state index contributed by atoms with van der Waals surface area (Å²) in [6.07, 6.45) is 1.84. The Morgan fingerprint density at radius 2 is 1.71 bits per heavy atom. The summed E-state index contributed by atoms with van der Waals surface area (Å²) in [6, 6.07) is 16.8. The number of carbonyl (C=O) groups is 1. The zero-order valence-corrected chi connectivity index (χ0v) is 12.7. The highest BCUT2D eigenvalue weighted by Gasteiger charge is 2.33. The van der Waals surface area contributed by atoms with E-state index in [1.165, 1.54) is 11.8 Å². The second kappa shape index (κ2) is 5.71. The molecule has 0 aromatic heterocycles. The van der Waals surface area contributed by atoms with Gasteiger partial charge >= 0.3 is 0 Å². The van der Waals surface area contributed by atoms with Crippen LogP contribution in [0.2, 0.25) is 0 Å². The van der Waals surface area contributed by atoms with Crippen LogP contribution in [0.15, 0.2) is 59.5 Å². The van der Waals surface area contributed by atoms with Crippen molar-refractivity contribution < 1.29 is 4.79 Å². The van der Waals surface area contributed by atoms with Gasteiger partial charge in [0.15, 0.2) is 4.32 Å². The number of amides is 1. The Labute approximate surface area is 132 Å². The van der Waals surface area contributed by atoms with Gasteiger partial charge in [0.2, 0.25) is 0 Å². The summed E-state index contributed by atoms with van der Waals surface area (Å²) < 4.78 is 0.549. The van der Waals surface area contributed by atoms with Gasteiger partial charge in [-0.15, -0.1) is 0 Å². The Balaban J connectivity index is 1.92. The van der Waals surface area contributed by atoms with E-state index in [0.29, 0.717) is 14.9 Å². The van der Waals surface area contributed by atoms with Gasteiger partial charge in [0.05, 0.1) is 10.6 Å². The first-order valence-corrected chi connectivity index (χ1v) is 7.56. The highest BCUT2D eigenvalue weighted by molar-refractivity contribution is 8.27. The SMILES string of the molecule is Nc1ccc(/C=C2/SC(=S)N(c3ccccc3)C2=O)cc1. The number of thioether (sulfide) groups is 1. The first-order valence-electron chi connectivity index (χ1n) is 6.34. The van der Waals surface area contributed by atoms with Crippen LogP contribution in [0, 0.1) is 0 Å². The second-order valence-corrected chi connectivity index (χ2v) is 6.20. The molecule has 2 aromatic carbocycles. The lowest BCUT2D eigenvalue weighted by atomic mass is 10.2. The Bertz CT molecular complexity index is 724. The lowest BCUT2D eigenvalue weighted by Gasteiger charge is -2.13. The highest BCUT2D eigenvalue weighted by atomic mass is 32.2. The van der Waals surface area contributed by atoms with Crippen molar-refractivity contribution in [2.45, 2.75) is 0 Å². The van der Waals surface area contributed by atoms with E-state index in [4.69, 9.17) is 18.0 Å². The van der Waals surface area contributed by atoms with E-state index in [9.17, 15) is 4.79 Å². The smallest absolute Gasteiger partial charge is 0.270 e. The Hall–Kier alpha value is -2.11. The van der Waals surface area contributed by atoms with Crippen molar-refractivity contribution >= 4 is 51.7 Å². The quantitative estimate of drug-likeness (QED) is 0.522. The standard InChI is InChI=1S/C16H12N2OS2/c17-12-8-6-11(7-9-12)10-14-15(19)18(16(20)21-14)13-4-2-1-3-5-13/h1-10H,17H2/b14-10+. The number of rotatable bonds is 2. The van der Waals surface area contributed by atoms with Crippen LogP contribution in [0.25, 0.3) is 6.08 Å². The van der Waals surface area contributed by atoms with Gasteiger partial charge in [-0.2, -0.15) is 0 Å². The number of para-hydroxylation sites is 1. The van der Waals surface area contributed by atoms with Crippen LogP contribution in [0.3, 0.4) is 0 Å². The molecule has 3 nitrogen and oxygen atoms in total. The molecule has 0 bridgehead atoms. The van der Waals surface area contributed by atoms with Gasteiger partial charge < -0.3 is 5.73 Å². The van der Waals surface area contributed by atoms with Crippen LogP contribution >= 0.6 is 24.0 Å². The van der Waals surface area contributed by atoms with E-state index >= 15 is 0 Å². The molecule has 0 atom stereocenters. The number of anilines is 2. The van der Waals surface area contributed by atoms with E-state index in [2.05, 4.69) is 0 Å². The normalized spacial score (nSPS) is 16.8. The van der Waals surface area contributed by atoms with Crippen molar-refractivity contribution in [3.63, 3.8) is 0 Å². The fourth-order valence-corrected chi connectivity index (χ4v) is 3.31. The second-order valence-electron chi connectivity index (χ2n) is 4.52. The van der Waals surface area contributed by atoms with Gasteiger partial charge in [-0.05, 0) is 35.9 Å². The third-order valence-electron chi connectivity index (χ3n) is 3.04. The number of nitrogens with two attached hydrogens (primary N) is 1. The molecule has 2 aromatic rings. The molecule has 0 radical (unpaired) electrons. The largest absolute Gasteiger partial charge is 0.399 e. The molecule has 0 saturated carbocycles. The summed E-state index contributed by atoms with van der Waals surface area (Å²) in [4.78, 5) is 14.7. The molecule has 0 aliphatic carbocycles. The molecule has 3 rings (SSSR count). The van der Waals surface area contributed by atoms with Gasteiger partial charge in [0.25, 0.3) is 5.91 Å². The maximum atomic E-state index is 12.5. The minimum atomic E-state index is -0.0898. The predicted molar refractivity (Wildman–Crippen MR) is 92.9 cm³/mol. The maximum Gasteiger partial charge on any atom is 0.270 e. The molecule has 1 aliphatic rings. The number of hydrogen-bond donors (Lipinski definition) is 1. The topological polar surface area (TPSA) is 46.3 Å². The van der Waals surface area contributed by atoms with E-state index < -0.39 is 0 Å². The molecule has 1 saturated heterocycles. The van der Waals surface area contributed by atoms with E-state index in [1.807, 2.05) is 60.7 Å². The number of benzene rings is 2. The predicted octanol–water partition coefficient (Wildman–Crippen LogP) is 3.67. The van der Waals surface area contributed by atoms with Crippen molar-refractivity contribution in [2.75, 3.05) is 10.6 Å². The number of carbonyl (C=O) groups excluding carboxylic acids is 1. The van der Waals surface area contributed by atoms with Crippen LogP contribution < -0.4 is 10.6 Å². The summed E-state index contributed by atoms with van der Waals surface area (Å²) in [5.41, 5.74) is 8.08. The van der Waals surface area contributed by atoms with Gasteiger partial charge in [0.1, 0.15) is 0 Å². The van der Waals surface area contributed by atoms with Crippen LogP contribution in [0.4, 0.5) is 11.4 Å². The summed E-state index contributed by atoms with van der Waals surface area (Å²) in [6.45, 7) is 0. The van der Waals surface area contributed by atoms with Crippen LogP contribution in [0.5, 0.6) is 0 Å². The minimum Gasteiger partial charge on any atom is -0.399 e. The third-order valence-corrected chi connectivity index (χ3v) is 4.34. The molecular formula is C16H12N2OS2. The number of hydrogen-bond acceptors (Lipinski definition) is 4. The molecule has 1 amide bonds. The lowest BCUT2D eigenvalue weighted by molar-refractivity contribution is -0.113. The van der Waals surface area contributed by atoms with E-state index in [1.54, 1.807) is 4.90 Å². The van der Waals surface area contributed by atoms with Crippen molar-refractivity contribution in [3.05, 3.63) is 65.1 Å². The van der Waals surface area contributed by atoms with Crippen LogP contribution in [-0.4, -0.2) is 10.2 Å². The zero-order valence-electron chi connectivity index (χ0n) is 11.0. The van der Waals surface area contributed by atoms with Crippen molar-refractivity contribution in [1.82, 2.24) is 0 Å². The molecule has 5 heteroatoms. The molecule has 1 aliphatic heterocycles. The Kier molecular flexibility index (Phi) is 3.77. The average Bonchev–Trinajstić information content (AvgIpc) is 2.77. The minimum absolute atomic E-state index is 0.0898. The van der Waals surface area contributed by atoms with E-state index in [-0.39, 0.29) is 5.91 Å². The Morgan fingerprint density at radius 1 is 1.05 bits per heavy atom. The highest BCUT2D eigenvalue weighted by Crippen LogP contribution is 2.35. The third kappa shape index (κ3) is 2.84. The monoisotopic (exact) mass is 312 g/mol. The first-order chi connectivity index (χ1) is 10.1. The molecule has 0 spiro atoms. The van der Waals surface area contributed by atoms with Crippen molar-refractivity contribution in [2.24, 2.45) is 0 Å². The fourth-order valence-electron chi connectivity index (χ4n) is 2.01. The lowest BCUT2D eigenvalue weighted by Crippen LogP contribution is -2.27. The van der Waals surface area contributed by atoms with Crippen LogP contribution in [0.1, 0.15) is 5.56 Å².